The maximum atomic E-state index is 11.0. The van der Waals surface area contributed by atoms with Gasteiger partial charge in [0.1, 0.15) is 11.9 Å². The minimum atomic E-state index is -0.312. The molecular weight excluding hydrogens is 236 g/mol. The summed E-state index contributed by atoms with van der Waals surface area (Å²) in [5.74, 6) is 0.427. The molecule has 0 bridgehead atoms. The van der Waals surface area contributed by atoms with Gasteiger partial charge in [-0.05, 0) is 13.3 Å². The highest BCUT2D eigenvalue weighted by Crippen LogP contribution is 2.23. The van der Waals surface area contributed by atoms with Gasteiger partial charge in [-0.1, -0.05) is 15.9 Å². The van der Waals surface area contributed by atoms with Crippen LogP contribution >= 0.6 is 15.9 Å². The van der Waals surface area contributed by atoms with E-state index in [1.807, 2.05) is 0 Å². The Labute approximate surface area is 86.2 Å². The first-order valence-electron chi connectivity index (χ1n) is 4.36. The molecule has 74 valence electrons. The number of alkyl halides is 1. The summed E-state index contributed by atoms with van der Waals surface area (Å²) in [6.07, 6.45) is 3.44. The fourth-order valence-corrected chi connectivity index (χ4v) is 1.62. The van der Waals surface area contributed by atoms with Crippen molar-refractivity contribution in [3.8, 4) is 0 Å². The summed E-state index contributed by atoms with van der Waals surface area (Å²) in [5, 5.41) is 0.813. The van der Waals surface area contributed by atoms with E-state index in [0.717, 1.165) is 23.9 Å². The van der Waals surface area contributed by atoms with Crippen LogP contribution in [0.2, 0.25) is 0 Å². The number of halogens is 1. The third kappa shape index (κ3) is 3.38. The Morgan fingerprint density at radius 3 is 3.15 bits per heavy atom. The van der Waals surface area contributed by atoms with Crippen molar-refractivity contribution in [1.82, 2.24) is 0 Å². The van der Waals surface area contributed by atoms with Crippen LogP contribution in [0.5, 0.6) is 0 Å². The van der Waals surface area contributed by atoms with Crippen LogP contribution in [0.4, 0.5) is 0 Å². The molecule has 1 aliphatic rings. The van der Waals surface area contributed by atoms with E-state index in [1.54, 1.807) is 6.92 Å². The van der Waals surface area contributed by atoms with Gasteiger partial charge in [-0.15, -0.1) is 0 Å². The molecular formula is C9H13BrO3. The Bertz CT molecular complexity index is 213. The lowest BCUT2D eigenvalue weighted by atomic mass is 10.2. The van der Waals surface area contributed by atoms with Crippen molar-refractivity contribution in [2.75, 3.05) is 11.9 Å². The van der Waals surface area contributed by atoms with E-state index in [9.17, 15) is 4.79 Å². The first kappa shape index (κ1) is 10.6. The van der Waals surface area contributed by atoms with Gasteiger partial charge in [-0.25, -0.2) is 4.79 Å². The first-order valence-corrected chi connectivity index (χ1v) is 5.48. The molecule has 1 fully saturated rings. The molecule has 1 aliphatic heterocycles. The van der Waals surface area contributed by atoms with Crippen molar-refractivity contribution in [2.45, 2.75) is 25.9 Å². The van der Waals surface area contributed by atoms with Crippen molar-refractivity contribution in [3.63, 3.8) is 0 Å². The smallest absolute Gasteiger partial charge is 0.334 e. The Balaban J connectivity index is 2.40. The Kier molecular flexibility index (Phi) is 4.28. The van der Waals surface area contributed by atoms with Gasteiger partial charge in [0.2, 0.25) is 0 Å². The second-order valence-corrected chi connectivity index (χ2v) is 3.44. The summed E-state index contributed by atoms with van der Waals surface area (Å²) in [7, 11) is 0. The molecule has 13 heavy (non-hydrogen) atoms. The largest absolute Gasteiger partial charge is 0.494 e. The minimum absolute atomic E-state index is 0.209. The van der Waals surface area contributed by atoms with Crippen LogP contribution < -0.4 is 0 Å². The van der Waals surface area contributed by atoms with Crippen LogP contribution in [0.15, 0.2) is 11.8 Å². The molecule has 0 spiro atoms. The van der Waals surface area contributed by atoms with Gasteiger partial charge in [-0.2, -0.15) is 0 Å². The van der Waals surface area contributed by atoms with Crippen molar-refractivity contribution >= 4 is 21.9 Å². The molecule has 1 rings (SSSR count). The molecule has 0 saturated carbocycles. The highest BCUT2D eigenvalue weighted by atomic mass is 79.9. The predicted octanol–water partition coefficient (Wildman–Crippen LogP) is 2.01. The van der Waals surface area contributed by atoms with Crippen molar-refractivity contribution in [2.24, 2.45) is 0 Å². The van der Waals surface area contributed by atoms with Crippen molar-refractivity contribution in [3.05, 3.63) is 11.8 Å². The second-order valence-electron chi connectivity index (χ2n) is 2.80. The number of hydrogen-bond donors (Lipinski definition) is 0. The van der Waals surface area contributed by atoms with Gasteiger partial charge < -0.3 is 9.47 Å². The zero-order valence-electron chi connectivity index (χ0n) is 7.59. The van der Waals surface area contributed by atoms with Crippen molar-refractivity contribution < 1.29 is 14.3 Å². The van der Waals surface area contributed by atoms with Gasteiger partial charge in [0.15, 0.2) is 0 Å². The van der Waals surface area contributed by atoms with Crippen molar-refractivity contribution in [1.29, 1.82) is 0 Å². The van der Waals surface area contributed by atoms with Crippen LogP contribution in [0, 0.1) is 0 Å². The molecule has 0 N–H and O–H groups in total. The second kappa shape index (κ2) is 5.27. The fourth-order valence-electron chi connectivity index (χ4n) is 1.17. The van der Waals surface area contributed by atoms with E-state index >= 15 is 0 Å². The summed E-state index contributed by atoms with van der Waals surface area (Å²) in [6.45, 7) is 2.19. The Hall–Kier alpha value is -0.510. The summed E-state index contributed by atoms with van der Waals surface area (Å²) in [4.78, 5) is 11.0. The van der Waals surface area contributed by atoms with E-state index in [1.165, 1.54) is 6.08 Å². The fraction of sp³-hybridized carbons (Fsp3) is 0.667. The molecule has 0 amide bonds. The lowest BCUT2D eigenvalue weighted by Gasteiger charge is -2.05. The normalized spacial score (nSPS) is 24.5. The number of ether oxygens (including phenoxy) is 2. The quantitative estimate of drug-likeness (QED) is 0.436. The maximum absolute atomic E-state index is 11.0. The van der Waals surface area contributed by atoms with Crippen LogP contribution in [0.25, 0.3) is 0 Å². The van der Waals surface area contributed by atoms with Crippen LogP contribution in [-0.4, -0.2) is 24.0 Å². The molecule has 3 nitrogen and oxygen atoms in total. The summed E-state index contributed by atoms with van der Waals surface area (Å²) < 4.78 is 10.2. The summed E-state index contributed by atoms with van der Waals surface area (Å²) in [5.41, 5.74) is 0. The van der Waals surface area contributed by atoms with E-state index in [-0.39, 0.29) is 12.1 Å². The number of esters is 1. The third-order valence-electron chi connectivity index (χ3n) is 1.77. The third-order valence-corrected chi connectivity index (χ3v) is 2.49. The maximum Gasteiger partial charge on any atom is 0.334 e. The Morgan fingerprint density at radius 1 is 1.85 bits per heavy atom. The first-order chi connectivity index (χ1) is 6.26. The predicted molar refractivity (Wildman–Crippen MR) is 52.6 cm³/mol. The number of carbonyl (C=O) groups excluding carboxylic acids is 1. The van der Waals surface area contributed by atoms with Crippen LogP contribution in [0.1, 0.15) is 19.8 Å². The highest BCUT2D eigenvalue weighted by Gasteiger charge is 2.20. The topological polar surface area (TPSA) is 35.5 Å². The number of allylic oxidation sites excluding steroid dienone is 1. The molecule has 0 aromatic carbocycles. The van der Waals surface area contributed by atoms with Gasteiger partial charge in [0.05, 0.1) is 12.7 Å². The molecule has 4 heteroatoms. The van der Waals surface area contributed by atoms with Gasteiger partial charge in [0, 0.05) is 11.8 Å². The highest BCUT2D eigenvalue weighted by molar-refractivity contribution is 9.09. The molecule has 1 heterocycles. The molecule has 1 saturated heterocycles. The molecule has 0 aromatic heterocycles. The molecule has 0 radical (unpaired) electrons. The van der Waals surface area contributed by atoms with E-state index in [0.29, 0.717) is 6.61 Å². The minimum Gasteiger partial charge on any atom is -0.494 e. The van der Waals surface area contributed by atoms with Gasteiger partial charge >= 0.3 is 5.97 Å². The lowest BCUT2D eigenvalue weighted by Crippen LogP contribution is -2.05. The summed E-state index contributed by atoms with van der Waals surface area (Å²) in [6, 6.07) is 0. The molecule has 0 aliphatic carbocycles. The average molecular weight is 249 g/mol. The molecule has 1 atom stereocenters. The van der Waals surface area contributed by atoms with Gasteiger partial charge in [-0.3, -0.25) is 0 Å². The zero-order valence-corrected chi connectivity index (χ0v) is 9.17. The van der Waals surface area contributed by atoms with E-state index in [4.69, 9.17) is 9.47 Å². The number of hydrogen-bond acceptors (Lipinski definition) is 3. The lowest BCUT2D eigenvalue weighted by molar-refractivity contribution is -0.137. The number of rotatable bonds is 3. The summed E-state index contributed by atoms with van der Waals surface area (Å²) >= 11 is 3.33. The molecule has 0 unspecified atom stereocenters. The number of carbonyl (C=O) groups is 1. The van der Waals surface area contributed by atoms with Gasteiger partial charge in [0.25, 0.3) is 0 Å². The standard InChI is InChI=1S/C9H13BrO3/c1-2-12-9(11)5-7-3-4-8(6-10)13-7/h5,8H,2-4,6H2,1H3/b7-5+/t8-/m1/s1. The van der Waals surface area contributed by atoms with Crippen LogP contribution in [-0.2, 0) is 14.3 Å². The average Bonchev–Trinajstić information content (AvgIpc) is 2.52. The monoisotopic (exact) mass is 248 g/mol. The molecule has 0 aromatic rings. The van der Waals surface area contributed by atoms with Crippen LogP contribution in [0.3, 0.4) is 0 Å². The van der Waals surface area contributed by atoms with E-state index < -0.39 is 0 Å². The van der Waals surface area contributed by atoms with E-state index in [2.05, 4.69) is 15.9 Å². The Morgan fingerprint density at radius 2 is 2.62 bits per heavy atom. The zero-order chi connectivity index (χ0) is 9.68. The SMILES string of the molecule is CCOC(=O)/C=C1\CC[C@H](CBr)O1.